The van der Waals surface area contributed by atoms with Gasteiger partial charge < -0.3 is 4.74 Å². The molecule has 0 unspecified atom stereocenters. The minimum absolute atomic E-state index is 0.175. The van der Waals surface area contributed by atoms with Crippen LogP contribution in [-0.4, -0.2) is 22.6 Å². The van der Waals surface area contributed by atoms with E-state index in [0.717, 1.165) is 34.3 Å². The zero-order valence-electron chi connectivity index (χ0n) is 11.9. The summed E-state index contributed by atoms with van der Waals surface area (Å²) in [4.78, 5) is 24.6. The lowest BCUT2D eigenvalue weighted by Gasteiger charge is -2.14. The molecular weight excluding hydrogens is 294 g/mol. The van der Waals surface area contributed by atoms with Gasteiger partial charge in [-0.1, -0.05) is 0 Å². The average Bonchev–Trinajstić information content (AvgIpc) is 2.80. The summed E-state index contributed by atoms with van der Waals surface area (Å²) in [5, 5.41) is 0. The number of fused-ring (bicyclic) bond motifs is 1. The van der Waals surface area contributed by atoms with Crippen LogP contribution < -0.4 is 5.56 Å². The molecule has 2 aromatic rings. The first-order valence-electron chi connectivity index (χ1n) is 6.94. The lowest BCUT2D eigenvalue weighted by atomic mass is 9.98. The van der Waals surface area contributed by atoms with Crippen LogP contribution in [0.25, 0.3) is 5.69 Å². The predicted octanol–water partition coefficient (Wildman–Crippen LogP) is 2.41. The highest BCUT2D eigenvalue weighted by Crippen LogP contribution is 2.22. The molecule has 0 saturated carbocycles. The van der Waals surface area contributed by atoms with E-state index < -0.39 is 23.3 Å². The van der Waals surface area contributed by atoms with Crippen molar-refractivity contribution in [3.8, 4) is 5.69 Å². The third-order valence-electron chi connectivity index (χ3n) is 3.83. The molecule has 7 heteroatoms. The van der Waals surface area contributed by atoms with Gasteiger partial charge in [0.15, 0.2) is 5.82 Å². The van der Waals surface area contributed by atoms with E-state index in [1.807, 2.05) is 0 Å². The van der Waals surface area contributed by atoms with Crippen LogP contribution in [0.1, 0.15) is 24.1 Å². The van der Waals surface area contributed by atoms with E-state index in [2.05, 4.69) is 0 Å². The zero-order valence-corrected chi connectivity index (χ0v) is 11.9. The lowest BCUT2D eigenvalue weighted by Crippen LogP contribution is -2.28. The number of ether oxygens (including phenoxy) is 1. The summed E-state index contributed by atoms with van der Waals surface area (Å²) in [6.07, 6.45) is 1.96. The number of rotatable bonds is 1. The van der Waals surface area contributed by atoms with Gasteiger partial charge in [0.1, 0.15) is 11.5 Å². The normalized spacial score (nSPS) is 13.8. The second kappa shape index (κ2) is 5.40. The Morgan fingerprint density at radius 1 is 1.23 bits per heavy atom. The fraction of sp³-hybridized carbons (Fsp3) is 0.333. The smallest absolute Gasteiger partial charge is 0.433 e. The molecule has 22 heavy (non-hydrogen) atoms. The van der Waals surface area contributed by atoms with Crippen LogP contribution in [0.4, 0.5) is 13.6 Å². The summed E-state index contributed by atoms with van der Waals surface area (Å²) < 4.78 is 33.8. The fourth-order valence-corrected chi connectivity index (χ4v) is 2.84. The van der Waals surface area contributed by atoms with Gasteiger partial charge in [-0.05, 0) is 37.8 Å². The van der Waals surface area contributed by atoms with Gasteiger partial charge in [0, 0.05) is 11.6 Å². The summed E-state index contributed by atoms with van der Waals surface area (Å²) >= 11 is 0. The third-order valence-corrected chi connectivity index (χ3v) is 3.83. The Morgan fingerprint density at radius 2 is 1.95 bits per heavy atom. The molecule has 1 aromatic carbocycles. The van der Waals surface area contributed by atoms with E-state index >= 15 is 0 Å². The molecule has 1 aliphatic rings. The number of nitrogens with zero attached hydrogens (tertiary/aromatic N) is 2. The fourth-order valence-electron chi connectivity index (χ4n) is 2.84. The van der Waals surface area contributed by atoms with E-state index in [-0.39, 0.29) is 5.69 Å². The molecule has 0 amide bonds. The van der Waals surface area contributed by atoms with Gasteiger partial charge in [-0.15, -0.1) is 0 Å². The Labute approximate surface area is 124 Å². The quantitative estimate of drug-likeness (QED) is 0.813. The maximum atomic E-state index is 14.1. The average molecular weight is 308 g/mol. The molecule has 0 radical (unpaired) electrons. The van der Waals surface area contributed by atoms with Crippen LogP contribution in [0.5, 0.6) is 0 Å². The van der Waals surface area contributed by atoms with Crippen molar-refractivity contribution in [2.75, 3.05) is 7.11 Å². The Balaban J connectivity index is 2.33. The third kappa shape index (κ3) is 2.13. The van der Waals surface area contributed by atoms with Crippen molar-refractivity contribution in [3.05, 3.63) is 51.4 Å². The predicted molar refractivity (Wildman–Crippen MR) is 74.4 cm³/mol. The minimum atomic E-state index is -0.915. The molecule has 0 spiro atoms. The van der Waals surface area contributed by atoms with Crippen molar-refractivity contribution in [2.45, 2.75) is 25.7 Å². The summed E-state index contributed by atoms with van der Waals surface area (Å²) in [5.41, 5.74) is 0.379. The van der Waals surface area contributed by atoms with Gasteiger partial charge in [0.25, 0.3) is 5.56 Å². The summed E-state index contributed by atoms with van der Waals surface area (Å²) in [6.45, 7) is 0. The second-order valence-corrected chi connectivity index (χ2v) is 5.13. The molecule has 3 rings (SSSR count). The first kappa shape index (κ1) is 14.5. The Hall–Kier alpha value is -2.44. The molecule has 0 fully saturated rings. The summed E-state index contributed by atoms with van der Waals surface area (Å²) in [7, 11) is 1.19. The standard InChI is InChI=1S/C15H14F2N2O3/c1-22-15(21)19-12-5-3-2-4-10(12)14(20)18(19)13-7-6-9(16)8-11(13)17/h6-8H,2-5H2,1H3. The van der Waals surface area contributed by atoms with Crippen molar-refractivity contribution in [3.63, 3.8) is 0 Å². The number of hydrogen-bond acceptors (Lipinski definition) is 3. The molecule has 5 nitrogen and oxygen atoms in total. The van der Waals surface area contributed by atoms with Gasteiger partial charge in [-0.25, -0.2) is 18.3 Å². The molecule has 0 atom stereocenters. The van der Waals surface area contributed by atoms with Crippen LogP contribution in [0, 0.1) is 11.6 Å². The van der Waals surface area contributed by atoms with E-state index in [0.29, 0.717) is 30.2 Å². The van der Waals surface area contributed by atoms with Crippen molar-refractivity contribution in [1.29, 1.82) is 0 Å². The van der Waals surface area contributed by atoms with Crippen molar-refractivity contribution in [2.24, 2.45) is 0 Å². The Morgan fingerprint density at radius 3 is 2.64 bits per heavy atom. The molecule has 0 bridgehead atoms. The number of hydrogen-bond donors (Lipinski definition) is 0. The number of halogens is 2. The summed E-state index contributed by atoms with van der Waals surface area (Å²) in [6, 6.07) is 2.85. The number of carbonyl (C=O) groups excluding carboxylic acids is 1. The number of aromatic nitrogens is 2. The van der Waals surface area contributed by atoms with Gasteiger partial charge in [0.2, 0.25) is 0 Å². The highest BCUT2D eigenvalue weighted by Gasteiger charge is 2.28. The van der Waals surface area contributed by atoms with Gasteiger partial charge in [0.05, 0.1) is 12.8 Å². The molecule has 1 heterocycles. The largest absolute Gasteiger partial charge is 0.451 e. The molecule has 116 valence electrons. The number of methoxy groups -OCH3 is 1. The van der Waals surface area contributed by atoms with E-state index in [1.165, 1.54) is 7.11 Å². The SMILES string of the molecule is COC(=O)n1c2c(c(=O)n1-c1ccc(F)cc1F)CCCC2. The number of carbonyl (C=O) groups is 1. The first-order chi connectivity index (χ1) is 10.5. The maximum absolute atomic E-state index is 14.1. The molecule has 0 aliphatic heterocycles. The summed E-state index contributed by atoms with van der Waals surface area (Å²) in [5.74, 6) is -1.67. The molecule has 1 aromatic heterocycles. The molecule has 0 saturated heterocycles. The van der Waals surface area contributed by atoms with Crippen LogP contribution in [0.15, 0.2) is 23.0 Å². The van der Waals surface area contributed by atoms with Gasteiger partial charge in [-0.3, -0.25) is 4.79 Å². The topological polar surface area (TPSA) is 53.2 Å². The minimum Gasteiger partial charge on any atom is -0.451 e. The highest BCUT2D eigenvalue weighted by atomic mass is 19.1. The Kier molecular flexibility index (Phi) is 3.56. The van der Waals surface area contributed by atoms with Crippen LogP contribution in [-0.2, 0) is 17.6 Å². The van der Waals surface area contributed by atoms with Gasteiger partial charge in [-0.2, -0.15) is 4.68 Å². The van der Waals surface area contributed by atoms with Crippen LogP contribution in [0.2, 0.25) is 0 Å². The number of benzene rings is 1. The monoisotopic (exact) mass is 308 g/mol. The molecule has 0 N–H and O–H groups in total. The Bertz CT molecular complexity index is 808. The van der Waals surface area contributed by atoms with E-state index in [4.69, 9.17) is 4.74 Å². The van der Waals surface area contributed by atoms with Crippen LogP contribution in [0.3, 0.4) is 0 Å². The van der Waals surface area contributed by atoms with Crippen LogP contribution >= 0.6 is 0 Å². The van der Waals surface area contributed by atoms with Crippen molar-refractivity contribution < 1.29 is 18.3 Å². The highest BCUT2D eigenvalue weighted by molar-refractivity contribution is 5.71. The first-order valence-corrected chi connectivity index (χ1v) is 6.94. The van der Waals surface area contributed by atoms with Crippen molar-refractivity contribution in [1.82, 2.24) is 9.36 Å². The lowest BCUT2D eigenvalue weighted by molar-refractivity contribution is 0.165. The van der Waals surface area contributed by atoms with E-state index in [1.54, 1.807) is 0 Å². The van der Waals surface area contributed by atoms with Crippen molar-refractivity contribution >= 4 is 6.09 Å². The zero-order chi connectivity index (χ0) is 15.9. The van der Waals surface area contributed by atoms with Gasteiger partial charge >= 0.3 is 6.09 Å². The maximum Gasteiger partial charge on any atom is 0.433 e. The second-order valence-electron chi connectivity index (χ2n) is 5.13. The van der Waals surface area contributed by atoms with E-state index in [9.17, 15) is 18.4 Å². The molecule has 1 aliphatic carbocycles. The molecular formula is C15H14F2N2O3.